The van der Waals surface area contributed by atoms with E-state index in [0.29, 0.717) is 10.7 Å². The van der Waals surface area contributed by atoms with Crippen LogP contribution in [0.25, 0.3) is 0 Å². The lowest BCUT2D eigenvalue weighted by molar-refractivity contribution is 0.385. The van der Waals surface area contributed by atoms with Gasteiger partial charge in [-0.15, -0.1) is 0 Å². The molecule has 3 N–H and O–H groups in total. The molecule has 106 valence electrons. The Kier molecular flexibility index (Phi) is 4.01. The fourth-order valence-corrected chi connectivity index (χ4v) is 2.86. The molecular formula is C12H12ClN3O3S. The SMILES string of the molecule is COc1ncc(N)cc1S(=O)(=O)Nc1ccc(Cl)cc1. The summed E-state index contributed by atoms with van der Waals surface area (Å²) in [4.78, 5) is 3.70. The number of aromatic nitrogens is 1. The van der Waals surface area contributed by atoms with E-state index in [4.69, 9.17) is 22.1 Å². The molecule has 0 fully saturated rings. The number of ether oxygens (including phenoxy) is 1. The zero-order chi connectivity index (χ0) is 14.8. The molecule has 0 aliphatic rings. The lowest BCUT2D eigenvalue weighted by Gasteiger charge is -2.11. The predicted molar refractivity (Wildman–Crippen MR) is 77.5 cm³/mol. The summed E-state index contributed by atoms with van der Waals surface area (Å²) < 4.78 is 31.9. The van der Waals surface area contributed by atoms with E-state index in [0.717, 1.165) is 0 Å². The van der Waals surface area contributed by atoms with Gasteiger partial charge in [-0.3, -0.25) is 4.72 Å². The number of nitrogen functional groups attached to an aromatic ring is 1. The van der Waals surface area contributed by atoms with Crippen LogP contribution in [0.3, 0.4) is 0 Å². The second kappa shape index (κ2) is 5.56. The lowest BCUT2D eigenvalue weighted by atomic mass is 10.3. The second-order valence-electron chi connectivity index (χ2n) is 3.89. The van der Waals surface area contributed by atoms with Crippen LogP contribution in [0.4, 0.5) is 11.4 Å². The Morgan fingerprint density at radius 3 is 2.55 bits per heavy atom. The van der Waals surface area contributed by atoms with Crippen molar-refractivity contribution in [2.75, 3.05) is 17.6 Å². The summed E-state index contributed by atoms with van der Waals surface area (Å²) in [6, 6.07) is 7.53. The Bertz CT molecular complexity index is 717. The Morgan fingerprint density at radius 2 is 1.95 bits per heavy atom. The van der Waals surface area contributed by atoms with Crippen LogP contribution in [-0.2, 0) is 10.0 Å². The predicted octanol–water partition coefficient (Wildman–Crippen LogP) is 2.13. The maximum atomic E-state index is 12.3. The first-order chi connectivity index (χ1) is 9.42. The summed E-state index contributed by atoms with van der Waals surface area (Å²) >= 11 is 5.74. The topological polar surface area (TPSA) is 94.3 Å². The van der Waals surface area contributed by atoms with Crippen molar-refractivity contribution < 1.29 is 13.2 Å². The van der Waals surface area contributed by atoms with Crippen molar-refractivity contribution in [3.05, 3.63) is 41.6 Å². The molecule has 2 aromatic rings. The number of hydrogen-bond acceptors (Lipinski definition) is 5. The van der Waals surface area contributed by atoms with Crippen LogP contribution in [0, 0.1) is 0 Å². The van der Waals surface area contributed by atoms with Gasteiger partial charge in [-0.2, -0.15) is 0 Å². The van der Waals surface area contributed by atoms with Gasteiger partial charge in [0.25, 0.3) is 10.0 Å². The highest BCUT2D eigenvalue weighted by atomic mass is 35.5. The van der Waals surface area contributed by atoms with Gasteiger partial charge in [0.05, 0.1) is 19.0 Å². The molecule has 0 saturated heterocycles. The summed E-state index contributed by atoms with van der Waals surface area (Å²) in [5.74, 6) is -0.0272. The molecule has 1 aromatic heterocycles. The Morgan fingerprint density at radius 1 is 1.30 bits per heavy atom. The van der Waals surface area contributed by atoms with Gasteiger partial charge >= 0.3 is 0 Å². The van der Waals surface area contributed by atoms with E-state index < -0.39 is 10.0 Å². The second-order valence-corrected chi connectivity index (χ2v) is 5.98. The zero-order valence-electron chi connectivity index (χ0n) is 10.5. The quantitative estimate of drug-likeness (QED) is 0.901. The fourth-order valence-electron chi connectivity index (χ4n) is 1.52. The van der Waals surface area contributed by atoms with E-state index in [1.165, 1.54) is 19.4 Å². The number of methoxy groups -OCH3 is 1. The number of hydrogen-bond donors (Lipinski definition) is 2. The van der Waals surface area contributed by atoms with Crippen LogP contribution in [-0.4, -0.2) is 20.5 Å². The van der Waals surface area contributed by atoms with Crippen LogP contribution >= 0.6 is 11.6 Å². The van der Waals surface area contributed by atoms with E-state index in [-0.39, 0.29) is 16.5 Å². The minimum Gasteiger partial charge on any atom is -0.480 e. The average molecular weight is 314 g/mol. The number of nitrogens with zero attached hydrogens (tertiary/aromatic N) is 1. The van der Waals surface area contributed by atoms with Crippen molar-refractivity contribution >= 4 is 33.0 Å². The summed E-state index contributed by atoms with van der Waals surface area (Å²) in [5.41, 5.74) is 6.16. The molecule has 20 heavy (non-hydrogen) atoms. The van der Waals surface area contributed by atoms with Crippen LogP contribution in [0.1, 0.15) is 0 Å². The first kappa shape index (κ1) is 14.4. The van der Waals surface area contributed by atoms with Gasteiger partial charge in [-0.25, -0.2) is 13.4 Å². The molecule has 0 atom stereocenters. The van der Waals surface area contributed by atoms with Gasteiger partial charge in [0.15, 0.2) is 4.90 Å². The third-order valence-corrected chi connectivity index (χ3v) is 4.05. The van der Waals surface area contributed by atoms with Gasteiger partial charge in [0, 0.05) is 10.7 Å². The molecule has 2 rings (SSSR count). The molecule has 0 bridgehead atoms. The number of halogens is 1. The van der Waals surface area contributed by atoms with Crippen molar-refractivity contribution in [3.8, 4) is 5.88 Å². The number of anilines is 2. The molecule has 0 unspecified atom stereocenters. The number of rotatable bonds is 4. The highest BCUT2D eigenvalue weighted by Crippen LogP contribution is 2.25. The standard InChI is InChI=1S/C12H12ClN3O3S/c1-19-12-11(6-9(14)7-15-12)20(17,18)16-10-4-2-8(13)3-5-10/h2-7,16H,14H2,1H3. The first-order valence-electron chi connectivity index (χ1n) is 5.50. The zero-order valence-corrected chi connectivity index (χ0v) is 12.1. The van der Waals surface area contributed by atoms with Gasteiger partial charge in [-0.05, 0) is 30.3 Å². The molecule has 1 aromatic carbocycles. The fraction of sp³-hybridized carbons (Fsp3) is 0.0833. The minimum absolute atomic E-state index is 0.0272. The van der Waals surface area contributed by atoms with E-state index >= 15 is 0 Å². The van der Waals surface area contributed by atoms with Crippen LogP contribution in [0.5, 0.6) is 5.88 Å². The van der Waals surface area contributed by atoms with Crippen molar-refractivity contribution in [1.82, 2.24) is 4.98 Å². The van der Waals surface area contributed by atoms with E-state index in [1.54, 1.807) is 24.3 Å². The normalized spacial score (nSPS) is 11.1. The number of sulfonamides is 1. The third kappa shape index (κ3) is 3.12. The monoisotopic (exact) mass is 313 g/mol. The van der Waals surface area contributed by atoms with Crippen molar-refractivity contribution in [3.63, 3.8) is 0 Å². The smallest absolute Gasteiger partial charge is 0.267 e. The van der Waals surface area contributed by atoms with E-state index in [9.17, 15) is 8.42 Å². The minimum atomic E-state index is -3.85. The highest BCUT2D eigenvalue weighted by Gasteiger charge is 2.21. The highest BCUT2D eigenvalue weighted by molar-refractivity contribution is 7.92. The molecule has 0 saturated carbocycles. The Balaban J connectivity index is 2.40. The van der Waals surface area contributed by atoms with Crippen LogP contribution in [0.15, 0.2) is 41.4 Å². The molecular weight excluding hydrogens is 302 g/mol. The summed E-state index contributed by atoms with van der Waals surface area (Å²) in [6.07, 6.45) is 1.32. The average Bonchev–Trinajstić information content (AvgIpc) is 2.41. The summed E-state index contributed by atoms with van der Waals surface area (Å²) in [6.45, 7) is 0. The van der Waals surface area contributed by atoms with Crippen molar-refractivity contribution in [2.24, 2.45) is 0 Å². The summed E-state index contributed by atoms with van der Waals surface area (Å²) in [5, 5.41) is 0.510. The van der Waals surface area contributed by atoms with E-state index in [2.05, 4.69) is 9.71 Å². The Hall–Kier alpha value is -1.99. The number of nitrogens with two attached hydrogens (primary N) is 1. The first-order valence-corrected chi connectivity index (χ1v) is 7.36. The molecule has 0 amide bonds. The molecule has 0 spiro atoms. The number of pyridine rings is 1. The van der Waals surface area contributed by atoms with Gasteiger partial charge in [-0.1, -0.05) is 11.6 Å². The van der Waals surface area contributed by atoms with Gasteiger partial charge < -0.3 is 10.5 Å². The van der Waals surface area contributed by atoms with Crippen molar-refractivity contribution in [2.45, 2.75) is 4.90 Å². The number of nitrogens with one attached hydrogen (secondary N) is 1. The van der Waals surface area contributed by atoms with Crippen LogP contribution < -0.4 is 15.2 Å². The lowest BCUT2D eigenvalue weighted by Crippen LogP contribution is -2.15. The maximum Gasteiger partial charge on any atom is 0.267 e. The molecule has 0 aliphatic heterocycles. The molecule has 0 aliphatic carbocycles. The largest absolute Gasteiger partial charge is 0.480 e. The van der Waals surface area contributed by atoms with Gasteiger partial charge in [0.2, 0.25) is 5.88 Å². The molecule has 0 radical (unpaired) electrons. The third-order valence-electron chi connectivity index (χ3n) is 2.42. The maximum absolute atomic E-state index is 12.3. The molecule has 8 heteroatoms. The molecule has 1 heterocycles. The van der Waals surface area contributed by atoms with Crippen LogP contribution in [0.2, 0.25) is 5.02 Å². The number of benzene rings is 1. The van der Waals surface area contributed by atoms with E-state index in [1.807, 2.05) is 0 Å². The molecule has 6 nitrogen and oxygen atoms in total. The Labute approximate surface area is 121 Å². The van der Waals surface area contributed by atoms with Gasteiger partial charge in [0.1, 0.15) is 0 Å². The summed E-state index contributed by atoms with van der Waals surface area (Å²) in [7, 11) is -2.52. The van der Waals surface area contributed by atoms with Crippen molar-refractivity contribution in [1.29, 1.82) is 0 Å².